The normalized spacial score (nSPS) is 11.5. The monoisotopic (exact) mass is 469 g/mol. The summed E-state index contributed by atoms with van der Waals surface area (Å²) in [5.74, 6) is -0.890. The number of carboxylic acid groups (broad SMARTS) is 1. The van der Waals surface area contributed by atoms with Gasteiger partial charge in [-0.25, -0.2) is 4.79 Å². The van der Waals surface area contributed by atoms with Crippen molar-refractivity contribution in [2.75, 3.05) is 7.05 Å². The highest BCUT2D eigenvalue weighted by atomic mass is 19.4. The molecule has 0 saturated carbocycles. The van der Waals surface area contributed by atoms with Gasteiger partial charge in [-0.2, -0.15) is 26.3 Å². The first kappa shape index (κ1) is 25.9. The van der Waals surface area contributed by atoms with Crippen LogP contribution in [0.4, 0.5) is 26.3 Å². The van der Waals surface area contributed by atoms with E-state index < -0.39 is 29.4 Å². The molecule has 3 rings (SSSR count). The van der Waals surface area contributed by atoms with E-state index in [0.29, 0.717) is 17.7 Å². The molecular weight excluding hydrogens is 448 g/mol. The Morgan fingerprint density at radius 2 is 1.30 bits per heavy atom. The van der Waals surface area contributed by atoms with Gasteiger partial charge in [0.15, 0.2) is 0 Å². The average molecular weight is 469 g/mol. The van der Waals surface area contributed by atoms with Crippen molar-refractivity contribution in [3.8, 4) is 11.1 Å². The lowest BCUT2D eigenvalue weighted by Crippen LogP contribution is -2.14. The minimum atomic E-state index is -4.79. The van der Waals surface area contributed by atoms with Gasteiger partial charge in [0.25, 0.3) is 0 Å². The highest BCUT2D eigenvalue weighted by Crippen LogP contribution is 2.36. The van der Waals surface area contributed by atoms with Crippen LogP contribution in [-0.2, 0) is 18.9 Å². The molecule has 0 aromatic heterocycles. The number of benzene rings is 3. The second-order valence-corrected chi connectivity index (χ2v) is 7.11. The molecule has 33 heavy (non-hydrogen) atoms. The minimum absolute atomic E-state index is 0.0605. The van der Waals surface area contributed by atoms with Crippen LogP contribution >= 0.6 is 0 Å². The SMILES string of the molecule is CNCc1cc(C(F)(F)F)cc(C(F)(F)F)c1.Cc1ccccc1-c1ccccc1C(=O)O. The summed E-state index contributed by atoms with van der Waals surface area (Å²) in [7, 11) is 1.44. The van der Waals surface area contributed by atoms with Crippen molar-refractivity contribution in [1.29, 1.82) is 0 Å². The summed E-state index contributed by atoms with van der Waals surface area (Å²) in [5.41, 5.74) is 0.520. The fourth-order valence-electron chi connectivity index (χ4n) is 3.11. The standard InChI is InChI=1S/C14H12O2.C10H9F6N/c1-10-6-2-3-7-11(10)12-8-4-5-9-13(12)14(15)16;1-17-5-6-2-7(9(11,12)13)4-8(3-6)10(14,15)16/h2-9H,1H3,(H,15,16);2-4,17H,5H2,1H3. The maximum Gasteiger partial charge on any atom is 0.416 e. The molecule has 176 valence electrons. The molecule has 0 fully saturated rings. The smallest absolute Gasteiger partial charge is 0.416 e. The van der Waals surface area contributed by atoms with Crippen molar-refractivity contribution < 1.29 is 36.2 Å². The summed E-state index contributed by atoms with van der Waals surface area (Å²) in [5, 5.41) is 11.6. The van der Waals surface area contributed by atoms with Gasteiger partial charge in [-0.1, -0.05) is 42.5 Å². The number of carboxylic acids is 1. The summed E-state index contributed by atoms with van der Waals surface area (Å²) in [4.78, 5) is 11.1. The summed E-state index contributed by atoms with van der Waals surface area (Å²) < 4.78 is 74.3. The Hall–Kier alpha value is -3.33. The van der Waals surface area contributed by atoms with Crippen LogP contribution in [0.5, 0.6) is 0 Å². The number of aryl methyl sites for hydroxylation is 1. The van der Waals surface area contributed by atoms with E-state index in [0.717, 1.165) is 16.7 Å². The Morgan fingerprint density at radius 1 is 0.818 bits per heavy atom. The van der Waals surface area contributed by atoms with Gasteiger partial charge >= 0.3 is 18.3 Å². The van der Waals surface area contributed by atoms with Crippen LogP contribution in [0.15, 0.2) is 66.7 Å². The topological polar surface area (TPSA) is 49.3 Å². The molecule has 3 nitrogen and oxygen atoms in total. The van der Waals surface area contributed by atoms with Gasteiger partial charge in [-0.15, -0.1) is 0 Å². The van der Waals surface area contributed by atoms with Crippen LogP contribution in [0.3, 0.4) is 0 Å². The van der Waals surface area contributed by atoms with Crippen molar-refractivity contribution in [2.24, 2.45) is 0 Å². The van der Waals surface area contributed by atoms with Crippen molar-refractivity contribution >= 4 is 5.97 Å². The first-order chi connectivity index (χ1) is 15.3. The largest absolute Gasteiger partial charge is 0.478 e. The molecular formula is C24H21F6NO2. The molecule has 3 aromatic rings. The second-order valence-electron chi connectivity index (χ2n) is 7.11. The molecule has 0 radical (unpaired) electrons. The number of aromatic carboxylic acids is 1. The van der Waals surface area contributed by atoms with Gasteiger partial charge in [-0.05, 0) is 60.5 Å². The number of carbonyl (C=O) groups is 1. The Morgan fingerprint density at radius 3 is 1.76 bits per heavy atom. The van der Waals surface area contributed by atoms with Gasteiger partial charge < -0.3 is 10.4 Å². The van der Waals surface area contributed by atoms with Crippen LogP contribution in [-0.4, -0.2) is 18.1 Å². The molecule has 0 atom stereocenters. The summed E-state index contributed by atoms with van der Waals surface area (Å²) in [6, 6.07) is 16.4. The van der Waals surface area contributed by atoms with Crippen LogP contribution in [0.25, 0.3) is 11.1 Å². The van der Waals surface area contributed by atoms with Crippen molar-refractivity contribution in [1.82, 2.24) is 5.32 Å². The predicted octanol–water partition coefficient (Wildman–Crippen LogP) is 6.80. The van der Waals surface area contributed by atoms with Crippen LogP contribution < -0.4 is 5.32 Å². The molecule has 0 saturated heterocycles. The second kappa shape index (κ2) is 10.5. The van der Waals surface area contributed by atoms with E-state index in [1.807, 2.05) is 43.3 Å². The molecule has 9 heteroatoms. The van der Waals surface area contributed by atoms with Gasteiger partial charge in [0.05, 0.1) is 16.7 Å². The molecule has 2 N–H and O–H groups in total. The quantitative estimate of drug-likeness (QED) is 0.413. The summed E-state index contributed by atoms with van der Waals surface area (Å²) in [6.07, 6.45) is -9.58. The first-order valence-corrected chi connectivity index (χ1v) is 9.66. The zero-order valence-corrected chi connectivity index (χ0v) is 17.7. The minimum Gasteiger partial charge on any atom is -0.478 e. The zero-order valence-electron chi connectivity index (χ0n) is 17.7. The molecule has 3 aromatic carbocycles. The fourth-order valence-corrected chi connectivity index (χ4v) is 3.11. The lowest BCUT2D eigenvalue weighted by atomic mass is 9.96. The number of rotatable bonds is 4. The molecule has 0 amide bonds. The van der Waals surface area contributed by atoms with E-state index in [-0.39, 0.29) is 18.2 Å². The molecule has 0 aliphatic carbocycles. The number of hydrogen-bond acceptors (Lipinski definition) is 2. The molecule has 0 spiro atoms. The van der Waals surface area contributed by atoms with Crippen molar-refractivity contribution in [2.45, 2.75) is 25.8 Å². The first-order valence-electron chi connectivity index (χ1n) is 9.66. The third-order valence-electron chi connectivity index (χ3n) is 4.62. The highest BCUT2D eigenvalue weighted by Gasteiger charge is 2.36. The Labute approximate surface area is 186 Å². The Bertz CT molecular complexity index is 1070. The average Bonchev–Trinajstić information content (AvgIpc) is 2.73. The van der Waals surface area contributed by atoms with E-state index in [4.69, 9.17) is 5.11 Å². The molecule has 0 heterocycles. The van der Waals surface area contributed by atoms with Crippen molar-refractivity contribution in [3.63, 3.8) is 0 Å². The van der Waals surface area contributed by atoms with Gasteiger partial charge in [0.2, 0.25) is 0 Å². The van der Waals surface area contributed by atoms with E-state index in [9.17, 15) is 31.1 Å². The Kier molecular flexibility index (Phi) is 8.27. The van der Waals surface area contributed by atoms with Crippen LogP contribution in [0.1, 0.15) is 32.6 Å². The van der Waals surface area contributed by atoms with E-state index in [1.165, 1.54) is 7.05 Å². The lowest BCUT2D eigenvalue weighted by Gasteiger charge is -2.13. The van der Waals surface area contributed by atoms with Crippen LogP contribution in [0, 0.1) is 6.92 Å². The summed E-state index contributed by atoms with van der Waals surface area (Å²) in [6.45, 7) is 1.92. The van der Waals surface area contributed by atoms with E-state index >= 15 is 0 Å². The van der Waals surface area contributed by atoms with Crippen LogP contribution in [0.2, 0.25) is 0 Å². The predicted molar refractivity (Wildman–Crippen MR) is 113 cm³/mol. The molecule has 0 unspecified atom stereocenters. The third-order valence-corrected chi connectivity index (χ3v) is 4.62. The maximum atomic E-state index is 12.4. The number of halogens is 6. The van der Waals surface area contributed by atoms with Gasteiger partial charge in [-0.3, -0.25) is 0 Å². The lowest BCUT2D eigenvalue weighted by molar-refractivity contribution is -0.143. The van der Waals surface area contributed by atoms with Gasteiger partial charge in [0.1, 0.15) is 0 Å². The number of alkyl halides is 6. The van der Waals surface area contributed by atoms with E-state index in [2.05, 4.69) is 5.32 Å². The third kappa shape index (κ3) is 7.08. The number of hydrogen-bond donors (Lipinski definition) is 2. The van der Waals surface area contributed by atoms with Crippen molar-refractivity contribution in [3.05, 3.63) is 94.5 Å². The van der Waals surface area contributed by atoms with E-state index in [1.54, 1.807) is 12.1 Å². The Balaban J connectivity index is 0.000000234. The fraction of sp³-hybridized carbons (Fsp3) is 0.208. The molecule has 0 bridgehead atoms. The van der Waals surface area contributed by atoms with Gasteiger partial charge in [0, 0.05) is 6.54 Å². The zero-order chi connectivity index (χ0) is 24.8. The maximum absolute atomic E-state index is 12.4. The molecule has 0 aliphatic rings. The number of nitrogens with one attached hydrogen (secondary N) is 1. The highest BCUT2D eigenvalue weighted by molar-refractivity contribution is 5.96. The molecule has 0 aliphatic heterocycles. The summed E-state index contributed by atoms with van der Waals surface area (Å²) >= 11 is 0.